The van der Waals surface area contributed by atoms with Crippen LogP contribution in [0.3, 0.4) is 0 Å². The zero-order valence-corrected chi connectivity index (χ0v) is 22.7. The largest absolute Gasteiger partial charge is 0.462 e. The first kappa shape index (κ1) is 26.5. The predicted octanol–water partition coefficient (Wildman–Crippen LogP) is 5.92. The number of rotatable bonds is 9. The number of ether oxygens (including phenoxy) is 1. The molecule has 32 heavy (non-hydrogen) atoms. The number of aryl methyl sites for hydroxylation is 1. The van der Waals surface area contributed by atoms with E-state index in [4.69, 9.17) is 9.16 Å². The summed E-state index contributed by atoms with van der Waals surface area (Å²) in [6, 6.07) is 5.98. The van der Waals surface area contributed by atoms with E-state index in [0.717, 1.165) is 3.57 Å². The van der Waals surface area contributed by atoms with Gasteiger partial charge in [0.2, 0.25) is 0 Å². The number of aromatic nitrogens is 1. The minimum atomic E-state index is -1.87. The van der Waals surface area contributed by atoms with Crippen molar-refractivity contribution in [3.8, 4) is 0 Å². The topological polar surface area (TPSA) is 69.6 Å². The lowest BCUT2D eigenvalue weighted by Gasteiger charge is -2.36. The average molecular weight is 575 g/mol. The van der Waals surface area contributed by atoms with Crippen LogP contribution in [0.2, 0.25) is 18.1 Å². The van der Waals surface area contributed by atoms with Gasteiger partial charge in [-0.1, -0.05) is 20.8 Å². The van der Waals surface area contributed by atoms with E-state index in [0.29, 0.717) is 19.6 Å². The van der Waals surface area contributed by atoms with Gasteiger partial charge in [0.1, 0.15) is 5.82 Å². The summed E-state index contributed by atoms with van der Waals surface area (Å²) in [5.74, 6) is -1.05. The molecule has 6 nitrogen and oxygen atoms in total. The van der Waals surface area contributed by atoms with Crippen molar-refractivity contribution < 1.29 is 18.3 Å². The Hall–Kier alpha value is -1.72. The Bertz CT molecular complexity index is 1020. The van der Waals surface area contributed by atoms with E-state index in [2.05, 4.69) is 39.2 Å². The zero-order chi connectivity index (χ0) is 24.1. The van der Waals surface area contributed by atoms with Gasteiger partial charge >= 0.3 is 5.97 Å². The number of pyridine rings is 1. The van der Waals surface area contributed by atoms with Crippen LogP contribution in [-0.4, -0.2) is 32.1 Å². The standard InChI is InChI=1S/C23H32FIN2O4Si/c1-7-30-22(29)17-15-27(11-8-12-31-32(5,6)23(2,3)4)21(28)14-20(17)26-19-10-9-16(25)13-18(19)24/h9-10,13-15,26H,7-8,11-12H2,1-6H3. The van der Waals surface area contributed by atoms with Crippen molar-refractivity contribution >= 4 is 48.3 Å². The summed E-state index contributed by atoms with van der Waals surface area (Å²) in [6.07, 6.45) is 2.10. The summed E-state index contributed by atoms with van der Waals surface area (Å²) in [5, 5.41) is 2.98. The molecule has 0 spiro atoms. The number of carbonyl (C=O) groups is 1. The predicted molar refractivity (Wildman–Crippen MR) is 137 cm³/mol. The second-order valence-corrected chi connectivity index (χ2v) is 15.1. The zero-order valence-electron chi connectivity index (χ0n) is 19.6. The molecule has 0 aliphatic carbocycles. The highest BCUT2D eigenvalue weighted by Crippen LogP contribution is 2.36. The van der Waals surface area contributed by atoms with Gasteiger partial charge in [-0.2, -0.15) is 0 Å². The van der Waals surface area contributed by atoms with E-state index < -0.39 is 20.1 Å². The smallest absolute Gasteiger partial charge is 0.341 e. The van der Waals surface area contributed by atoms with E-state index >= 15 is 0 Å². The Kier molecular flexibility index (Phi) is 9.06. The second kappa shape index (κ2) is 10.9. The molecule has 0 atom stereocenters. The molecule has 0 amide bonds. The number of halogens is 2. The van der Waals surface area contributed by atoms with Crippen LogP contribution in [0.4, 0.5) is 15.8 Å². The molecule has 0 fully saturated rings. The molecule has 2 rings (SSSR count). The van der Waals surface area contributed by atoms with Gasteiger partial charge in [0.15, 0.2) is 8.32 Å². The number of nitrogens with zero attached hydrogens (tertiary/aromatic N) is 1. The molecule has 1 aromatic carbocycles. The summed E-state index contributed by atoms with van der Waals surface area (Å²) in [4.78, 5) is 25.2. The molecule has 0 aliphatic rings. The molecule has 0 unspecified atom stereocenters. The van der Waals surface area contributed by atoms with Crippen LogP contribution in [0.1, 0.15) is 44.5 Å². The van der Waals surface area contributed by atoms with Crippen molar-refractivity contribution in [1.29, 1.82) is 0 Å². The Labute approximate surface area is 203 Å². The Morgan fingerprint density at radius 1 is 1.22 bits per heavy atom. The Morgan fingerprint density at radius 3 is 2.50 bits per heavy atom. The highest BCUT2D eigenvalue weighted by Gasteiger charge is 2.36. The lowest BCUT2D eigenvalue weighted by atomic mass is 10.2. The highest BCUT2D eigenvalue weighted by molar-refractivity contribution is 14.1. The van der Waals surface area contributed by atoms with Gasteiger partial charge in [-0.3, -0.25) is 4.79 Å². The summed E-state index contributed by atoms with van der Waals surface area (Å²) in [6.45, 7) is 13.7. The maximum Gasteiger partial charge on any atom is 0.341 e. The average Bonchev–Trinajstić information content (AvgIpc) is 2.68. The molecule has 0 saturated carbocycles. The number of hydrogen-bond donors (Lipinski definition) is 1. The molecule has 2 aromatic rings. The van der Waals surface area contributed by atoms with Crippen molar-refractivity contribution in [2.45, 2.75) is 58.8 Å². The van der Waals surface area contributed by atoms with Crippen LogP contribution in [-0.2, 0) is 15.7 Å². The van der Waals surface area contributed by atoms with Gasteiger partial charge < -0.3 is 19.0 Å². The van der Waals surface area contributed by atoms with E-state index in [1.165, 1.54) is 22.9 Å². The molecule has 9 heteroatoms. The monoisotopic (exact) mass is 574 g/mol. The van der Waals surface area contributed by atoms with E-state index in [-0.39, 0.29) is 34.1 Å². The molecule has 1 heterocycles. The molecule has 1 aromatic heterocycles. The first-order valence-electron chi connectivity index (χ1n) is 10.6. The summed E-state index contributed by atoms with van der Waals surface area (Å²) in [5.41, 5.74) is 0.270. The Balaban J connectivity index is 2.24. The van der Waals surface area contributed by atoms with Gasteiger partial charge in [-0.15, -0.1) is 0 Å². The number of esters is 1. The lowest BCUT2D eigenvalue weighted by Crippen LogP contribution is -2.41. The third kappa shape index (κ3) is 6.89. The third-order valence-electron chi connectivity index (χ3n) is 5.63. The minimum absolute atomic E-state index is 0.110. The fourth-order valence-electron chi connectivity index (χ4n) is 2.74. The first-order valence-corrected chi connectivity index (χ1v) is 14.6. The molecule has 0 bridgehead atoms. The van der Waals surface area contributed by atoms with Crippen LogP contribution in [0.5, 0.6) is 0 Å². The fourth-order valence-corrected chi connectivity index (χ4v) is 4.28. The minimum Gasteiger partial charge on any atom is -0.462 e. The number of anilines is 2. The number of benzene rings is 1. The van der Waals surface area contributed by atoms with Gasteiger partial charge in [-0.05, 0) is 72.3 Å². The van der Waals surface area contributed by atoms with Gasteiger partial charge in [0.05, 0.1) is 23.5 Å². The van der Waals surface area contributed by atoms with Crippen LogP contribution >= 0.6 is 22.6 Å². The van der Waals surface area contributed by atoms with E-state index in [9.17, 15) is 14.0 Å². The number of nitrogens with one attached hydrogen (secondary N) is 1. The second-order valence-electron chi connectivity index (χ2n) is 9.06. The molecule has 1 N–H and O–H groups in total. The third-order valence-corrected chi connectivity index (χ3v) is 10.8. The summed E-state index contributed by atoms with van der Waals surface area (Å²) in [7, 11) is -1.87. The van der Waals surface area contributed by atoms with Gasteiger partial charge in [0.25, 0.3) is 5.56 Å². The van der Waals surface area contributed by atoms with Crippen molar-refractivity contribution in [2.24, 2.45) is 0 Å². The normalized spacial score (nSPS) is 12.0. The van der Waals surface area contributed by atoms with E-state index in [1.54, 1.807) is 19.1 Å². The quantitative estimate of drug-likeness (QED) is 0.174. The van der Waals surface area contributed by atoms with Gasteiger partial charge in [-0.25, -0.2) is 9.18 Å². The number of hydrogen-bond acceptors (Lipinski definition) is 5. The maximum atomic E-state index is 14.3. The van der Waals surface area contributed by atoms with Crippen molar-refractivity contribution in [2.75, 3.05) is 18.5 Å². The molecule has 0 saturated heterocycles. The lowest BCUT2D eigenvalue weighted by molar-refractivity contribution is 0.0526. The summed E-state index contributed by atoms with van der Waals surface area (Å²) < 4.78 is 27.8. The SMILES string of the molecule is CCOC(=O)c1cn(CCCO[Si](C)(C)C(C)(C)C)c(=O)cc1Nc1ccc(I)cc1F. The fraction of sp³-hybridized carbons (Fsp3) is 0.478. The summed E-state index contributed by atoms with van der Waals surface area (Å²) >= 11 is 2.01. The molecule has 0 radical (unpaired) electrons. The van der Waals surface area contributed by atoms with Crippen LogP contribution in [0.25, 0.3) is 0 Å². The molecular weight excluding hydrogens is 542 g/mol. The van der Waals surface area contributed by atoms with Crippen LogP contribution in [0.15, 0.2) is 35.3 Å². The molecular formula is C23H32FIN2O4Si. The van der Waals surface area contributed by atoms with E-state index in [1.807, 2.05) is 22.6 Å². The number of carbonyl (C=O) groups excluding carboxylic acids is 1. The molecule has 176 valence electrons. The van der Waals surface area contributed by atoms with Crippen molar-refractivity contribution in [3.05, 3.63) is 55.8 Å². The van der Waals surface area contributed by atoms with Crippen LogP contribution < -0.4 is 10.9 Å². The maximum absolute atomic E-state index is 14.3. The van der Waals surface area contributed by atoms with Crippen molar-refractivity contribution in [3.63, 3.8) is 0 Å². The van der Waals surface area contributed by atoms with Crippen molar-refractivity contribution in [1.82, 2.24) is 4.57 Å². The molecule has 0 aliphatic heterocycles. The highest BCUT2D eigenvalue weighted by atomic mass is 127. The Morgan fingerprint density at radius 2 is 1.91 bits per heavy atom. The van der Waals surface area contributed by atoms with Gasteiger partial charge in [0, 0.05) is 29.0 Å². The first-order chi connectivity index (χ1) is 14.9. The van der Waals surface area contributed by atoms with Crippen LogP contribution in [0, 0.1) is 9.39 Å².